The second-order valence-corrected chi connectivity index (χ2v) is 2.29. The van der Waals surface area contributed by atoms with E-state index in [-0.39, 0.29) is 12.7 Å². The average molecular weight is 131 g/mol. The molecule has 55 valence electrons. The van der Waals surface area contributed by atoms with Crippen LogP contribution in [0.25, 0.3) is 0 Å². The average Bonchev–Trinajstić information content (AvgIpc) is 1.85. The van der Waals surface area contributed by atoms with Crippen LogP contribution in [0.2, 0.25) is 0 Å². The van der Waals surface area contributed by atoms with Gasteiger partial charge in [-0.25, -0.2) is 5.11 Å². The summed E-state index contributed by atoms with van der Waals surface area (Å²) in [4.78, 5) is 0. The minimum absolute atomic E-state index is 0.0548. The number of hydrogen-bond acceptors (Lipinski definition) is 1. The van der Waals surface area contributed by atoms with Crippen molar-refractivity contribution in [2.24, 2.45) is 0 Å². The Kier molecular flexibility index (Phi) is 5.99. The van der Waals surface area contributed by atoms with Crippen molar-refractivity contribution in [3.05, 3.63) is 0 Å². The van der Waals surface area contributed by atoms with E-state index < -0.39 is 0 Å². The topological polar surface area (TPSA) is 40.1 Å². The zero-order valence-corrected chi connectivity index (χ0v) is 5.97. The second-order valence-electron chi connectivity index (χ2n) is 2.29. The molecule has 2 nitrogen and oxygen atoms in total. The van der Waals surface area contributed by atoms with Crippen molar-refractivity contribution in [2.75, 3.05) is 6.61 Å². The van der Waals surface area contributed by atoms with Gasteiger partial charge in [-0.1, -0.05) is 13.3 Å². The van der Waals surface area contributed by atoms with Crippen LogP contribution in [0.1, 0.15) is 32.6 Å². The van der Waals surface area contributed by atoms with Gasteiger partial charge in [-0.05, 0) is 19.3 Å². The van der Waals surface area contributed by atoms with Crippen LogP contribution in [-0.2, 0) is 5.11 Å². The van der Waals surface area contributed by atoms with E-state index in [0.29, 0.717) is 12.8 Å². The Morgan fingerprint density at radius 1 is 1.44 bits per heavy atom. The van der Waals surface area contributed by atoms with Crippen LogP contribution < -0.4 is 0 Å². The van der Waals surface area contributed by atoms with E-state index in [1.807, 2.05) is 6.92 Å². The molecule has 0 aromatic carbocycles. The molecule has 0 spiro atoms. The van der Waals surface area contributed by atoms with Crippen molar-refractivity contribution in [3.8, 4) is 0 Å². The SMILES string of the molecule is CCCC(O)CCC[O]. The fourth-order valence-electron chi connectivity index (χ4n) is 0.797. The molecule has 9 heavy (non-hydrogen) atoms. The number of aliphatic hydroxyl groups excluding tert-OH is 1. The third-order valence-corrected chi connectivity index (χ3v) is 1.30. The van der Waals surface area contributed by atoms with Crippen molar-refractivity contribution in [3.63, 3.8) is 0 Å². The predicted molar refractivity (Wildman–Crippen MR) is 35.7 cm³/mol. The lowest BCUT2D eigenvalue weighted by Gasteiger charge is -2.05. The minimum Gasteiger partial charge on any atom is -0.393 e. The van der Waals surface area contributed by atoms with Crippen LogP contribution in [0.15, 0.2) is 0 Å². The molecule has 0 amide bonds. The van der Waals surface area contributed by atoms with Gasteiger partial charge in [-0.3, -0.25) is 0 Å². The lowest BCUT2D eigenvalue weighted by atomic mass is 10.1. The summed E-state index contributed by atoms with van der Waals surface area (Å²) < 4.78 is 0. The molecule has 1 N–H and O–H groups in total. The van der Waals surface area contributed by atoms with E-state index in [4.69, 9.17) is 5.11 Å². The molecule has 0 aliphatic carbocycles. The van der Waals surface area contributed by atoms with Crippen LogP contribution in [0.5, 0.6) is 0 Å². The molecule has 0 saturated carbocycles. The normalized spacial score (nSPS) is 13.7. The molecule has 1 radical (unpaired) electrons. The predicted octanol–water partition coefficient (Wildman–Crippen LogP) is 1.36. The Hall–Kier alpha value is -0.0800. The van der Waals surface area contributed by atoms with Crippen LogP contribution in [-0.4, -0.2) is 17.8 Å². The molecule has 0 aromatic rings. The van der Waals surface area contributed by atoms with E-state index in [2.05, 4.69) is 0 Å². The summed E-state index contributed by atoms with van der Waals surface area (Å²) in [6, 6.07) is 0. The van der Waals surface area contributed by atoms with Crippen molar-refractivity contribution in [2.45, 2.75) is 38.7 Å². The molecule has 1 unspecified atom stereocenters. The Morgan fingerprint density at radius 2 is 2.11 bits per heavy atom. The molecular weight excluding hydrogens is 116 g/mol. The third-order valence-electron chi connectivity index (χ3n) is 1.30. The molecule has 0 aromatic heterocycles. The summed E-state index contributed by atoms with van der Waals surface area (Å²) in [7, 11) is 0. The summed E-state index contributed by atoms with van der Waals surface area (Å²) in [5, 5.41) is 19.0. The van der Waals surface area contributed by atoms with Crippen LogP contribution in [0.3, 0.4) is 0 Å². The zero-order chi connectivity index (χ0) is 7.11. The van der Waals surface area contributed by atoms with Crippen molar-refractivity contribution >= 4 is 0 Å². The first-order valence-electron chi connectivity index (χ1n) is 3.57. The van der Waals surface area contributed by atoms with Gasteiger partial charge in [0.15, 0.2) is 0 Å². The standard InChI is InChI=1S/C7H15O2/c1-2-4-7(9)5-3-6-8/h7,9H,2-6H2,1H3. The lowest BCUT2D eigenvalue weighted by Crippen LogP contribution is -2.05. The number of hydrogen-bond donors (Lipinski definition) is 1. The van der Waals surface area contributed by atoms with Gasteiger partial charge in [0.05, 0.1) is 12.7 Å². The lowest BCUT2D eigenvalue weighted by molar-refractivity contribution is 0.124. The van der Waals surface area contributed by atoms with Gasteiger partial charge >= 0.3 is 0 Å². The van der Waals surface area contributed by atoms with Crippen molar-refractivity contribution < 1.29 is 10.2 Å². The summed E-state index contributed by atoms with van der Waals surface area (Å²) in [5.74, 6) is 0. The third kappa shape index (κ3) is 5.80. The molecule has 0 fully saturated rings. The van der Waals surface area contributed by atoms with Gasteiger partial charge in [0.2, 0.25) is 0 Å². The highest BCUT2D eigenvalue weighted by atomic mass is 16.3. The maximum absolute atomic E-state index is 9.93. The van der Waals surface area contributed by atoms with E-state index >= 15 is 0 Å². The summed E-state index contributed by atoms with van der Waals surface area (Å²) in [5.41, 5.74) is 0. The van der Waals surface area contributed by atoms with Gasteiger partial charge in [0.25, 0.3) is 0 Å². The molecule has 1 atom stereocenters. The largest absolute Gasteiger partial charge is 0.393 e. The van der Waals surface area contributed by atoms with Gasteiger partial charge in [0.1, 0.15) is 0 Å². The fourth-order valence-corrected chi connectivity index (χ4v) is 0.797. The Balaban J connectivity index is 2.95. The van der Waals surface area contributed by atoms with Crippen LogP contribution in [0.4, 0.5) is 0 Å². The first-order chi connectivity index (χ1) is 4.31. The van der Waals surface area contributed by atoms with Gasteiger partial charge in [-0.2, -0.15) is 0 Å². The monoisotopic (exact) mass is 131 g/mol. The van der Waals surface area contributed by atoms with E-state index in [1.165, 1.54) is 0 Å². The van der Waals surface area contributed by atoms with Gasteiger partial charge in [0, 0.05) is 0 Å². The maximum Gasteiger partial charge on any atom is 0.0823 e. The van der Waals surface area contributed by atoms with E-state index in [1.54, 1.807) is 0 Å². The number of aliphatic hydroxyl groups is 1. The Labute approximate surface area is 56.5 Å². The second kappa shape index (κ2) is 6.05. The Bertz CT molecular complexity index is 54.9. The molecule has 0 rings (SSSR count). The molecular formula is C7H15O2. The quantitative estimate of drug-likeness (QED) is 0.601. The molecule has 2 heteroatoms. The smallest absolute Gasteiger partial charge is 0.0823 e. The molecule has 0 aliphatic heterocycles. The molecule has 0 aliphatic rings. The summed E-state index contributed by atoms with van der Waals surface area (Å²) >= 11 is 0. The number of rotatable bonds is 5. The highest BCUT2D eigenvalue weighted by Crippen LogP contribution is 2.02. The first-order valence-corrected chi connectivity index (χ1v) is 3.57. The fraction of sp³-hybridized carbons (Fsp3) is 1.00. The highest BCUT2D eigenvalue weighted by molar-refractivity contribution is 4.52. The van der Waals surface area contributed by atoms with Crippen LogP contribution >= 0.6 is 0 Å². The van der Waals surface area contributed by atoms with Crippen LogP contribution in [0, 0.1) is 0 Å². The Morgan fingerprint density at radius 3 is 2.56 bits per heavy atom. The summed E-state index contributed by atoms with van der Waals surface area (Å²) in [6.45, 7) is 1.97. The highest BCUT2D eigenvalue weighted by Gasteiger charge is 2.00. The van der Waals surface area contributed by atoms with Crippen molar-refractivity contribution in [1.29, 1.82) is 0 Å². The molecule has 0 bridgehead atoms. The van der Waals surface area contributed by atoms with Gasteiger partial charge in [-0.15, -0.1) is 0 Å². The van der Waals surface area contributed by atoms with Gasteiger partial charge < -0.3 is 5.11 Å². The zero-order valence-electron chi connectivity index (χ0n) is 5.97. The maximum atomic E-state index is 9.93. The van der Waals surface area contributed by atoms with Crippen molar-refractivity contribution in [1.82, 2.24) is 0 Å². The summed E-state index contributed by atoms with van der Waals surface area (Å²) in [6.07, 6.45) is 2.89. The van der Waals surface area contributed by atoms with E-state index in [0.717, 1.165) is 12.8 Å². The molecule has 0 saturated heterocycles. The molecule has 0 heterocycles. The first kappa shape index (κ1) is 8.92. The minimum atomic E-state index is -0.232. The van der Waals surface area contributed by atoms with E-state index in [9.17, 15) is 5.11 Å².